The van der Waals surface area contributed by atoms with Gasteiger partial charge < -0.3 is 14.4 Å². The van der Waals surface area contributed by atoms with E-state index in [4.69, 9.17) is 9.47 Å². The predicted molar refractivity (Wildman–Crippen MR) is 119 cm³/mol. The van der Waals surface area contributed by atoms with E-state index in [1.165, 1.54) is 6.07 Å². The number of piperidine rings is 1. The number of carbonyl (C=O) groups is 1. The number of likely N-dealkylation sites (tertiary alicyclic amines) is 1. The van der Waals surface area contributed by atoms with E-state index in [-0.39, 0.29) is 18.1 Å². The van der Waals surface area contributed by atoms with Crippen LogP contribution in [0.2, 0.25) is 0 Å². The Labute approximate surface area is 194 Å². The third-order valence-corrected chi connectivity index (χ3v) is 7.41. The summed E-state index contributed by atoms with van der Waals surface area (Å²) in [6, 6.07) is 5.32. The third-order valence-electron chi connectivity index (χ3n) is 7.41. The normalized spacial score (nSPS) is 27.5. The van der Waals surface area contributed by atoms with E-state index in [9.17, 15) is 18.0 Å². The molecule has 0 aromatic heterocycles. The highest BCUT2D eigenvalue weighted by Gasteiger charge is 2.45. The average molecular weight is 469 g/mol. The van der Waals surface area contributed by atoms with Crippen molar-refractivity contribution >= 4 is 5.91 Å². The Morgan fingerprint density at radius 2 is 1.73 bits per heavy atom. The van der Waals surface area contributed by atoms with E-state index in [0.717, 1.165) is 44.6 Å². The summed E-state index contributed by atoms with van der Waals surface area (Å²) < 4.78 is 51.4. The van der Waals surface area contributed by atoms with E-state index in [1.807, 2.05) is 4.90 Å². The molecule has 0 bridgehead atoms. The summed E-state index contributed by atoms with van der Waals surface area (Å²) in [5.74, 6) is 0.475. The fraction of sp³-hybridized carbons (Fsp3) is 0.720. The number of rotatable bonds is 4. The van der Waals surface area contributed by atoms with Crippen LogP contribution in [-0.4, -0.2) is 73.9 Å². The SMILES string of the molecule is CC1CN(CC2CCN(C(=O)C3(c4cccc(C(F)(F)F)c4)CCOCC3)CC2)CC(C)O1. The van der Waals surface area contributed by atoms with Crippen LogP contribution in [-0.2, 0) is 25.9 Å². The van der Waals surface area contributed by atoms with Gasteiger partial charge in [-0.1, -0.05) is 18.2 Å². The van der Waals surface area contributed by atoms with Crippen LogP contribution in [0.3, 0.4) is 0 Å². The Morgan fingerprint density at radius 1 is 1.09 bits per heavy atom. The lowest BCUT2D eigenvalue weighted by Gasteiger charge is -2.43. The van der Waals surface area contributed by atoms with Crippen LogP contribution < -0.4 is 0 Å². The van der Waals surface area contributed by atoms with Crippen LogP contribution in [0.5, 0.6) is 0 Å². The lowest BCUT2D eigenvalue weighted by atomic mass is 9.72. The molecule has 2 atom stereocenters. The molecule has 8 heteroatoms. The second-order valence-corrected chi connectivity index (χ2v) is 9.98. The molecule has 0 aliphatic carbocycles. The molecule has 0 spiro atoms. The van der Waals surface area contributed by atoms with Gasteiger partial charge in [0.2, 0.25) is 5.91 Å². The average Bonchev–Trinajstić information content (AvgIpc) is 2.78. The lowest BCUT2D eigenvalue weighted by Crippen LogP contribution is -2.53. The molecule has 184 valence electrons. The second-order valence-electron chi connectivity index (χ2n) is 9.98. The van der Waals surface area contributed by atoms with Gasteiger partial charge in [0.15, 0.2) is 0 Å². The number of halogens is 3. The highest BCUT2D eigenvalue weighted by molar-refractivity contribution is 5.88. The molecule has 0 saturated carbocycles. The Morgan fingerprint density at radius 3 is 2.33 bits per heavy atom. The van der Waals surface area contributed by atoms with Crippen molar-refractivity contribution in [2.75, 3.05) is 45.9 Å². The number of hydrogen-bond donors (Lipinski definition) is 0. The van der Waals surface area contributed by atoms with Gasteiger partial charge in [-0.15, -0.1) is 0 Å². The van der Waals surface area contributed by atoms with Gasteiger partial charge in [0, 0.05) is 45.9 Å². The van der Waals surface area contributed by atoms with Crippen molar-refractivity contribution in [1.29, 1.82) is 0 Å². The maximum absolute atomic E-state index is 13.8. The first-order valence-electron chi connectivity index (χ1n) is 12.1. The second kappa shape index (κ2) is 9.92. The van der Waals surface area contributed by atoms with Crippen LogP contribution >= 0.6 is 0 Å². The molecule has 33 heavy (non-hydrogen) atoms. The third kappa shape index (κ3) is 5.54. The number of ether oxygens (including phenoxy) is 2. The minimum absolute atomic E-state index is 0.0443. The van der Waals surface area contributed by atoms with Gasteiger partial charge >= 0.3 is 6.18 Å². The summed E-state index contributed by atoms with van der Waals surface area (Å²) in [5, 5.41) is 0. The van der Waals surface area contributed by atoms with Gasteiger partial charge in [-0.05, 0) is 57.1 Å². The predicted octanol–water partition coefficient (Wildman–Crippen LogP) is 4.10. The zero-order valence-electron chi connectivity index (χ0n) is 19.6. The largest absolute Gasteiger partial charge is 0.416 e. The quantitative estimate of drug-likeness (QED) is 0.667. The molecule has 3 aliphatic heterocycles. The smallest absolute Gasteiger partial charge is 0.381 e. The number of carbonyl (C=O) groups excluding carboxylic acids is 1. The molecule has 1 aromatic carbocycles. The number of morpholine rings is 1. The number of amides is 1. The molecule has 5 nitrogen and oxygen atoms in total. The van der Waals surface area contributed by atoms with Crippen molar-refractivity contribution in [3.63, 3.8) is 0 Å². The Bertz CT molecular complexity index is 807. The summed E-state index contributed by atoms with van der Waals surface area (Å²) in [5.41, 5.74) is -1.18. The van der Waals surface area contributed by atoms with Crippen LogP contribution in [0.15, 0.2) is 24.3 Å². The van der Waals surface area contributed by atoms with Crippen molar-refractivity contribution in [2.45, 2.75) is 63.3 Å². The van der Waals surface area contributed by atoms with Crippen LogP contribution in [0.4, 0.5) is 13.2 Å². The maximum Gasteiger partial charge on any atom is 0.416 e. The summed E-state index contributed by atoms with van der Waals surface area (Å²) >= 11 is 0. The van der Waals surface area contributed by atoms with Gasteiger partial charge in [-0.2, -0.15) is 13.2 Å². The van der Waals surface area contributed by atoms with Gasteiger partial charge in [0.25, 0.3) is 0 Å². The first kappa shape index (κ1) is 24.5. The molecule has 1 aromatic rings. The summed E-state index contributed by atoms with van der Waals surface area (Å²) in [6.45, 7) is 9.14. The van der Waals surface area contributed by atoms with Crippen molar-refractivity contribution in [1.82, 2.24) is 9.80 Å². The summed E-state index contributed by atoms with van der Waals surface area (Å²) in [4.78, 5) is 18.1. The highest BCUT2D eigenvalue weighted by atomic mass is 19.4. The minimum atomic E-state index is -4.43. The van der Waals surface area contributed by atoms with Crippen molar-refractivity contribution < 1.29 is 27.4 Å². The van der Waals surface area contributed by atoms with Crippen LogP contribution in [0, 0.1) is 5.92 Å². The zero-order chi connectivity index (χ0) is 23.6. The summed E-state index contributed by atoms with van der Waals surface area (Å²) in [7, 11) is 0. The van der Waals surface area contributed by atoms with E-state index in [0.29, 0.717) is 50.6 Å². The van der Waals surface area contributed by atoms with Gasteiger partial charge in [-0.25, -0.2) is 0 Å². The number of hydrogen-bond acceptors (Lipinski definition) is 4. The fourth-order valence-electron chi connectivity index (χ4n) is 5.76. The van der Waals surface area contributed by atoms with E-state index in [2.05, 4.69) is 18.7 Å². The Kier molecular flexibility index (Phi) is 7.36. The molecular weight excluding hydrogens is 433 g/mol. The molecule has 3 heterocycles. The van der Waals surface area contributed by atoms with E-state index in [1.54, 1.807) is 6.07 Å². The fourth-order valence-corrected chi connectivity index (χ4v) is 5.76. The maximum atomic E-state index is 13.8. The van der Waals surface area contributed by atoms with Crippen molar-refractivity contribution in [3.05, 3.63) is 35.4 Å². The first-order valence-corrected chi connectivity index (χ1v) is 12.1. The molecule has 0 radical (unpaired) electrons. The van der Waals surface area contributed by atoms with Gasteiger partial charge in [0.05, 0.1) is 23.2 Å². The molecular formula is C25H35F3N2O3. The topological polar surface area (TPSA) is 42.0 Å². The standard InChI is InChI=1S/C25H35F3N2O3/c1-18-15-29(16-19(2)33-18)17-20-6-10-30(11-7-20)23(31)24(8-12-32-13-9-24)21-4-3-5-22(14-21)25(26,27)28/h3-5,14,18-20H,6-13,15-17H2,1-2H3. The molecule has 4 rings (SSSR count). The van der Waals surface area contributed by atoms with Crippen LogP contribution in [0.1, 0.15) is 50.7 Å². The molecule has 0 N–H and O–H groups in total. The number of alkyl halides is 3. The van der Waals surface area contributed by atoms with Crippen molar-refractivity contribution in [3.8, 4) is 0 Å². The van der Waals surface area contributed by atoms with Crippen molar-refractivity contribution in [2.24, 2.45) is 5.92 Å². The molecule has 2 unspecified atom stereocenters. The lowest BCUT2D eigenvalue weighted by molar-refractivity contribution is -0.143. The molecule has 3 aliphatic rings. The zero-order valence-corrected chi connectivity index (χ0v) is 19.6. The number of nitrogens with zero attached hydrogens (tertiary/aromatic N) is 2. The van der Waals surface area contributed by atoms with E-state index < -0.39 is 17.2 Å². The molecule has 3 saturated heterocycles. The Balaban J connectivity index is 1.44. The van der Waals surface area contributed by atoms with Gasteiger partial charge in [-0.3, -0.25) is 9.69 Å². The Hall–Kier alpha value is -1.64. The molecule has 3 fully saturated rings. The minimum Gasteiger partial charge on any atom is -0.381 e. The van der Waals surface area contributed by atoms with Crippen LogP contribution in [0.25, 0.3) is 0 Å². The van der Waals surface area contributed by atoms with Gasteiger partial charge in [0.1, 0.15) is 0 Å². The monoisotopic (exact) mass is 468 g/mol. The first-order chi connectivity index (χ1) is 15.7. The molecule has 1 amide bonds. The highest BCUT2D eigenvalue weighted by Crippen LogP contribution is 2.40. The van der Waals surface area contributed by atoms with E-state index >= 15 is 0 Å². The summed E-state index contributed by atoms with van der Waals surface area (Å²) in [6.07, 6.45) is -1.30. The number of benzene rings is 1.